The van der Waals surface area contributed by atoms with Crippen molar-refractivity contribution < 1.29 is 18.4 Å². The third-order valence-corrected chi connectivity index (χ3v) is 3.66. The summed E-state index contributed by atoms with van der Waals surface area (Å²) >= 11 is 0. The van der Waals surface area contributed by atoms with Gasteiger partial charge in [0.2, 0.25) is 0 Å². The number of anilines is 1. The van der Waals surface area contributed by atoms with Gasteiger partial charge in [-0.15, -0.1) is 0 Å². The van der Waals surface area contributed by atoms with E-state index >= 15 is 0 Å². The van der Waals surface area contributed by atoms with Crippen molar-refractivity contribution in [1.82, 2.24) is 15.0 Å². The molecule has 8 nitrogen and oxygen atoms in total. The van der Waals surface area contributed by atoms with Crippen LogP contribution in [0.3, 0.4) is 0 Å². The second-order valence-corrected chi connectivity index (χ2v) is 5.74. The van der Waals surface area contributed by atoms with E-state index < -0.39 is 11.5 Å². The largest absolute Gasteiger partial charge is 0.433 e. The summed E-state index contributed by atoms with van der Waals surface area (Å²) in [5, 5.41) is 13.9. The molecule has 0 amide bonds. The number of halogens is 2. The second-order valence-electron chi connectivity index (χ2n) is 5.74. The fourth-order valence-electron chi connectivity index (χ4n) is 2.39. The SMILES string of the molecule is Cc1cc(NCc2ccc(OC(F)F)cn2)nc(-c2ccc([N+](=O)[O-])cc2)n1. The number of nitrogens with one attached hydrogen (secondary N) is 1. The minimum atomic E-state index is -2.90. The van der Waals surface area contributed by atoms with Gasteiger partial charge in [0.25, 0.3) is 5.69 Å². The maximum absolute atomic E-state index is 12.2. The summed E-state index contributed by atoms with van der Waals surface area (Å²) < 4.78 is 28.6. The zero-order chi connectivity index (χ0) is 20.1. The third kappa shape index (κ3) is 4.93. The molecule has 2 aromatic heterocycles. The molecule has 0 bridgehead atoms. The third-order valence-electron chi connectivity index (χ3n) is 3.66. The monoisotopic (exact) mass is 387 g/mol. The molecular formula is C18H15F2N5O3. The van der Waals surface area contributed by atoms with E-state index in [-0.39, 0.29) is 11.4 Å². The molecule has 3 rings (SSSR count). The van der Waals surface area contributed by atoms with Crippen LogP contribution in [-0.4, -0.2) is 26.5 Å². The molecular weight excluding hydrogens is 372 g/mol. The molecule has 0 aliphatic rings. The van der Waals surface area contributed by atoms with Crippen LogP contribution < -0.4 is 10.1 Å². The molecule has 0 unspecified atom stereocenters. The summed E-state index contributed by atoms with van der Waals surface area (Å²) in [6, 6.07) is 10.7. The highest BCUT2D eigenvalue weighted by molar-refractivity contribution is 5.59. The number of nitrogens with zero attached hydrogens (tertiary/aromatic N) is 4. The molecule has 0 spiro atoms. The van der Waals surface area contributed by atoms with Crippen LogP contribution in [0.15, 0.2) is 48.7 Å². The lowest BCUT2D eigenvalue weighted by molar-refractivity contribution is -0.384. The van der Waals surface area contributed by atoms with Crippen LogP contribution in [0.1, 0.15) is 11.4 Å². The van der Waals surface area contributed by atoms with Crippen LogP contribution in [0.5, 0.6) is 5.75 Å². The van der Waals surface area contributed by atoms with E-state index in [9.17, 15) is 18.9 Å². The van der Waals surface area contributed by atoms with Crippen molar-refractivity contribution in [3.05, 3.63) is 70.2 Å². The first kappa shape index (κ1) is 19.1. The molecule has 2 heterocycles. The van der Waals surface area contributed by atoms with Crippen molar-refractivity contribution in [2.45, 2.75) is 20.1 Å². The Morgan fingerprint density at radius 1 is 1.18 bits per heavy atom. The van der Waals surface area contributed by atoms with Crippen molar-refractivity contribution in [1.29, 1.82) is 0 Å². The number of hydrogen-bond acceptors (Lipinski definition) is 7. The highest BCUT2D eigenvalue weighted by Gasteiger charge is 2.09. The number of nitro groups is 1. The molecule has 1 N–H and O–H groups in total. The fraction of sp³-hybridized carbons (Fsp3) is 0.167. The zero-order valence-electron chi connectivity index (χ0n) is 14.7. The summed E-state index contributed by atoms with van der Waals surface area (Å²) in [6.45, 7) is -0.783. The molecule has 28 heavy (non-hydrogen) atoms. The summed E-state index contributed by atoms with van der Waals surface area (Å²) in [5.74, 6) is 0.943. The predicted octanol–water partition coefficient (Wildman–Crippen LogP) is 3.97. The Kier molecular flexibility index (Phi) is 5.68. The topological polar surface area (TPSA) is 103 Å². The quantitative estimate of drug-likeness (QED) is 0.483. The van der Waals surface area contributed by atoms with E-state index in [1.165, 1.54) is 24.4 Å². The van der Waals surface area contributed by atoms with Gasteiger partial charge >= 0.3 is 6.61 Å². The Labute approximate surface area is 158 Å². The molecule has 0 saturated heterocycles. The highest BCUT2D eigenvalue weighted by atomic mass is 19.3. The molecule has 1 aromatic carbocycles. The normalized spacial score (nSPS) is 10.7. The van der Waals surface area contributed by atoms with Gasteiger partial charge in [-0.25, -0.2) is 9.97 Å². The van der Waals surface area contributed by atoms with E-state index in [0.717, 1.165) is 0 Å². The fourth-order valence-corrected chi connectivity index (χ4v) is 2.39. The van der Waals surface area contributed by atoms with Crippen molar-refractivity contribution in [3.8, 4) is 17.1 Å². The average molecular weight is 387 g/mol. The van der Waals surface area contributed by atoms with Crippen LogP contribution in [0.2, 0.25) is 0 Å². The second kappa shape index (κ2) is 8.33. The maximum atomic E-state index is 12.2. The van der Waals surface area contributed by atoms with Gasteiger partial charge < -0.3 is 10.1 Å². The van der Waals surface area contributed by atoms with Crippen LogP contribution >= 0.6 is 0 Å². The molecule has 0 aliphatic heterocycles. The Hall–Kier alpha value is -3.69. The molecule has 10 heteroatoms. The number of non-ortho nitro benzene ring substituents is 1. The first-order valence-corrected chi connectivity index (χ1v) is 8.15. The lowest BCUT2D eigenvalue weighted by Crippen LogP contribution is -2.06. The number of ether oxygens (including phenoxy) is 1. The number of hydrogen-bond donors (Lipinski definition) is 1. The number of alkyl halides is 2. The molecule has 0 radical (unpaired) electrons. The zero-order valence-corrected chi connectivity index (χ0v) is 14.7. The van der Waals surface area contributed by atoms with Crippen LogP contribution in [0.4, 0.5) is 20.3 Å². The van der Waals surface area contributed by atoms with Crippen molar-refractivity contribution in [2.24, 2.45) is 0 Å². The first-order chi connectivity index (χ1) is 13.4. The van der Waals surface area contributed by atoms with E-state index in [2.05, 4.69) is 25.0 Å². The minimum Gasteiger partial charge on any atom is -0.433 e. The van der Waals surface area contributed by atoms with Gasteiger partial charge in [0.15, 0.2) is 5.82 Å². The Bertz CT molecular complexity index is 966. The average Bonchev–Trinajstić information content (AvgIpc) is 2.67. The first-order valence-electron chi connectivity index (χ1n) is 8.15. The van der Waals surface area contributed by atoms with Gasteiger partial charge in [0.05, 0.1) is 23.4 Å². The van der Waals surface area contributed by atoms with E-state index in [1.807, 2.05) is 0 Å². The van der Waals surface area contributed by atoms with Gasteiger partial charge in [0, 0.05) is 29.5 Å². The smallest absolute Gasteiger partial charge is 0.387 e. The van der Waals surface area contributed by atoms with Gasteiger partial charge in [-0.2, -0.15) is 8.78 Å². The standard InChI is InChI=1S/C18H15F2N5O3/c1-11-8-16(22-9-13-4-7-15(10-21-13)28-18(19)20)24-17(23-11)12-2-5-14(6-3-12)25(26)27/h2-8,10,18H,9H2,1H3,(H,22,23,24). The van der Waals surface area contributed by atoms with E-state index in [4.69, 9.17) is 0 Å². The molecule has 3 aromatic rings. The number of nitro benzene ring substituents is 1. The Balaban J connectivity index is 1.72. The number of benzene rings is 1. The van der Waals surface area contributed by atoms with Crippen LogP contribution in [0.25, 0.3) is 11.4 Å². The van der Waals surface area contributed by atoms with E-state index in [0.29, 0.717) is 35.1 Å². The minimum absolute atomic E-state index is 0.0138. The molecule has 0 atom stereocenters. The number of rotatable bonds is 7. The summed E-state index contributed by atoms with van der Waals surface area (Å²) in [5.41, 5.74) is 1.94. The number of aromatic nitrogens is 3. The molecule has 0 saturated carbocycles. The molecule has 0 fully saturated rings. The number of pyridine rings is 1. The van der Waals surface area contributed by atoms with Crippen molar-refractivity contribution in [3.63, 3.8) is 0 Å². The summed E-state index contributed by atoms with van der Waals surface area (Å²) in [6.07, 6.45) is 1.22. The van der Waals surface area contributed by atoms with Crippen molar-refractivity contribution >= 4 is 11.5 Å². The summed E-state index contributed by atoms with van der Waals surface area (Å²) in [7, 11) is 0. The summed E-state index contributed by atoms with van der Waals surface area (Å²) in [4.78, 5) is 23.1. The molecule has 0 aliphatic carbocycles. The number of aryl methyl sites for hydroxylation is 1. The van der Waals surface area contributed by atoms with Crippen LogP contribution in [-0.2, 0) is 6.54 Å². The van der Waals surface area contributed by atoms with Gasteiger partial charge in [-0.05, 0) is 31.2 Å². The molecule has 144 valence electrons. The highest BCUT2D eigenvalue weighted by Crippen LogP contribution is 2.21. The van der Waals surface area contributed by atoms with Crippen LogP contribution in [0, 0.1) is 17.0 Å². The van der Waals surface area contributed by atoms with Crippen molar-refractivity contribution in [2.75, 3.05) is 5.32 Å². The van der Waals surface area contributed by atoms with E-state index in [1.54, 1.807) is 31.2 Å². The predicted molar refractivity (Wildman–Crippen MR) is 97.1 cm³/mol. The van der Waals surface area contributed by atoms with Gasteiger partial charge in [-0.1, -0.05) is 0 Å². The lowest BCUT2D eigenvalue weighted by atomic mass is 10.2. The van der Waals surface area contributed by atoms with Gasteiger partial charge in [-0.3, -0.25) is 15.1 Å². The Morgan fingerprint density at radius 2 is 1.93 bits per heavy atom. The Morgan fingerprint density at radius 3 is 2.54 bits per heavy atom. The van der Waals surface area contributed by atoms with Gasteiger partial charge in [0.1, 0.15) is 11.6 Å². The lowest BCUT2D eigenvalue weighted by Gasteiger charge is -2.09. The maximum Gasteiger partial charge on any atom is 0.387 e.